The van der Waals surface area contributed by atoms with Crippen molar-refractivity contribution in [2.75, 3.05) is 65.6 Å². The molecule has 35 nitrogen and oxygen atoms in total. The summed E-state index contributed by atoms with van der Waals surface area (Å²) in [7, 11) is -6.43. The molecule has 0 aromatic rings. The molecule has 0 bridgehead atoms. The van der Waals surface area contributed by atoms with Gasteiger partial charge >= 0.3 is 28.5 Å². The number of amides is 12. The average Bonchev–Trinajstić information content (AvgIpc) is 4.29. The van der Waals surface area contributed by atoms with Gasteiger partial charge < -0.3 is 118 Å². The second-order valence-electron chi connectivity index (χ2n) is 19.9. The van der Waals surface area contributed by atoms with Crippen molar-refractivity contribution < 1.29 is 113 Å². The van der Waals surface area contributed by atoms with Crippen LogP contribution in [0.2, 0.25) is 0 Å². The summed E-state index contributed by atoms with van der Waals surface area (Å²) in [5.41, 5.74) is 0. The van der Waals surface area contributed by atoms with Crippen molar-refractivity contribution in [1.82, 2.24) is 62.1 Å². The lowest BCUT2D eigenvalue weighted by Crippen LogP contribution is -2.56. The summed E-state index contributed by atoms with van der Waals surface area (Å²) in [5.74, 6) is -8.61. The molecular weight excluding hydrogens is 1120 g/mol. The number of nitrogens with one attached hydrogen (secondary N) is 8. The van der Waals surface area contributed by atoms with E-state index < -0.39 is 155 Å². The van der Waals surface area contributed by atoms with Gasteiger partial charge in [-0.2, -0.15) is 0 Å². The zero-order valence-electron chi connectivity index (χ0n) is 47.8. The maximum atomic E-state index is 12.3. The van der Waals surface area contributed by atoms with Crippen molar-refractivity contribution in [2.45, 2.75) is 147 Å². The van der Waals surface area contributed by atoms with E-state index in [4.69, 9.17) is 30.3 Å². The highest BCUT2D eigenvalue weighted by atomic mass is 16.4. The molecule has 4 rings (SSSR count). The molecule has 0 aliphatic carbocycles. The van der Waals surface area contributed by atoms with E-state index in [0.29, 0.717) is 77.5 Å². The highest BCUT2D eigenvalue weighted by molar-refractivity contribution is 6.45. The Labute approximate surface area is 485 Å². The second kappa shape index (κ2) is 38.4. The van der Waals surface area contributed by atoms with Crippen LogP contribution < -0.4 is 42.5 Å². The molecule has 4 aliphatic rings. The van der Waals surface area contributed by atoms with Crippen molar-refractivity contribution in [1.29, 1.82) is 0 Å². The second-order valence-corrected chi connectivity index (χ2v) is 19.9. The molecule has 0 aromatic carbocycles. The molecule has 12 amide bonds. The average molecular weight is 1200 g/mol. The topological polar surface area (TPSA) is 537 Å². The van der Waals surface area contributed by atoms with Crippen LogP contribution in [0.4, 0.5) is 0 Å². The standard InChI is InChI=1S/2C12H22BN3O6.C11H20BN3O6.C10H18BN3O5/c1-7(14-11(19)9(6-17)15-8(2)18)12(20)16-5-3-4-10(16)13(21)22;1-7(17)11(15-8(2)18)12(20)14-6-10(19)16-5-3-4-9(16)13(21)22;1-7(17)14-8(6-16)11(19)13-5-10(18)15-4-2-3-9(15)12(20)21;1-7(15)12-5-9(16)13-6-10(17)14-4-2-3-8(14)11(18)19/h7,9-10,17,21-22H,3-6H2,1-2H3,(H,14,19)(H,15,18);7,9,11,17,21-22H,3-6H2,1-2H3,(H,14,20)(H,15,18);8-9,16,20-21H,2-6H2,1H3,(H,13,19)(H,14,17);8,18-19H,2-6H2,1H3,(H,12,15)(H,13,16). The van der Waals surface area contributed by atoms with Crippen LogP contribution in [0.5, 0.6) is 0 Å². The van der Waals surface area contributed by atoms with Gasteiger partial charge in [-0.25, -0.2) is 0 Å². The molecular formula is C45H82B4N12O23. The first-order valence-corrected chi connectivity index (χ1v) is 27.0. The summed E-state index contributed by atoms with van der Waals surface area (Å²) in [5, 5.41) is 120. The summed E-state index contributed by atoms with van der Waals surface area (Å²) in [6.07, 6.45) is 3.55. The highest BCUT2D eigenvalue weighted by Gasteiger charge is 2.41. The lowest BCUT2D eigenvalue weighted by Gasteiger charge is -2.28. The minimum Gasteiger partial charge on any atom is -0.426 e. The number of aliphatic hydroxyl groups excluding tert-OH is 3. The first-order valence-electron chi connectivity index (χ1n) is 27.0. The van der Waals surface area contributed by atoms with Crippen LogP contribution in [0.15, 0.2) is 0 Å². The van der Waals surface area contributed by atoms with Gasteiger partial charge in [-0.05, 0) is 65.2 Å². The fourth-order valence-corrected chi connectivity index (χ4v) is 9.04. The third-order valence-electron chi connectivity index (χ3n) is 13.2. The summed E-state index contributed by atoms with van der Waals surface area (Å²) >= 11 is 0. The number of likely N-dealkylation sites (tertiary alicyclic amines) is 4. The van der Waals surface area contributed by atoms with Crippen molar-refractivity contribution in [3.63, 3.8) is 0 Å². The molecule has 0 spiro atoms. The van der Waals surface area contributed by atoms with Crippen molar-refractivity contribution in [3.05, 3.63) is 0 Å². The van der Waals surface area contributed by atoms with Gasteiger partial charge in [0.25, 0.3) is 0 Å². The Morgan fingerprint density at radius 1 is 0.429 bits per heavy atom. The molecule has 0 saturated carbocycles. The van der Waals surface area contributed by atoms with E-state index >= 15 is 0 Å². The Morgan fingerprint density at radius 3 is 1.10 bits per heavy atom. The van der Waals surface area contributed by atoms with Crippen LogP contribution in [0, 0.1) is 0 Å². The first kappa shape index (κ1) is 75.5. The van der Waals surface area contributed by atoms with Crippen LogP contribution in [0.1, 0.15) is 92.9 Å². The Hall–Kier alpha value is -6.54. The molecule has 19 N–H and O–H groups in total. The predicted molar refractivity (Wildman–Crippen MR) is 294 cm³/mol. The number of nitrogens with zero attached hydrogens (tertiary/aromatic N) is 4. The molecule has 4 saturated heterocycles. The molecule has 4 aliphatic heterocycles. The number of carbonyl (C=O) groups is 12. The van der Waals surface area contributed by atoms with E-state index in [1.54, 1.807) is 0 Å². The van der Waals surface area contributed by atoms with Gasteiger partial charge in [0.2, 0.25) is 70.9 Å². The van der Waals surface area contributed by atoms with Gasteiger partial charge in [0.05, 0.1) is 69.3 Å². The Morgan fingerprint density at radius 2 is 0.762 bits per heavy atom. The van der Waals surface area contributed by atoms with Gasteiger partial charge in [-0.15, -0.1) is 0 Å². The molecule has 9 unspecified atom stereocenters. The van der Waals surface area contributed by atoms with Crippen LogP contribution in [0.25, 0.3) is 0 Å². The number of aliphatic hydroxyl groups is 3. The van der Waals surface area contributed by atoms with E-state index in [2.05, 4.69) is 42.5 Å². The van der Waals surface area contributed by atoms with Crippen molar-refractivity contribution >= 4 is 99.4 Å². The molecule has 84 heavy (non-hydrogen) atoms. The van der Waals surface area contributed by atoms with Crippen LogP contribution in [-0.4, -0.2) is 294 Å². The number of carbonyl (C=O) groups excluding carboxylic acids is 12. The zero-order valence-corrected chi connectivity index (χ0v) is 47.8. The maximum Gasteiger partial charge on any atom is 0.475 e. The minimum atomic E-state index is -1.63. The van der Waals surface area contributed by atoms with E-state index in [-0.39, 0.29) is 38.0 Å². The van der Waals surface area contributed by atoms with Crippen LogP contribution in [0.3, 0.4) is 0 Å². The summed E-state index contributed by atoms with van der Waals surface area (Å²) in [4.78, 5) is 143. The molecule has 9 atom stereocenters. The summed E-state index contributed by atoms with van der Waals surface area (Å²) < 4.78 is 0. The lowest BCUT2D eigenvalue weighted by atomic mass is 9.78. The molecule has 0 radical (unpaired) electrons. The molecule has 472 valence electrons. The van der Waals surface area contributed by atoms with Gasteiger partial charge in [-0.3, -0.25) is 57.5 Å². The van der Waals surface area contributed by atoms with E-state index in [1.165, 1.54) is 61.1 Å². The predicted octanol–water partition coefficient (Wildman–Crippen LogP) is -12.2. The fourth-order valence-electron chi connectivity index (χ4n) is 9.04. The SMILES string of the molecule is CC(=O)NC(C(=O)NCC(=O)N1CCCC1B(O)O)C(C)O.CC(=O)NC(CO)C(=O)NC(C)C(=O)N1CCCC1B(O)O.CC(=O)NC(CO)C(=O)NCC(=O)N1CCCC1B(O)O.CC(=O)NCC(=O)NCC(=O)N1CCCC1B(O)O. The molecule has 4 heterocycles. The molecule has 4 fully saturated rings. The quantitative estimate of drug-likeness (QED) is 0.0423. The van der Waals surface area contributed by atoms with Crippen molar-refractivity contribution in [3.8, 4) is 0 Å². The number of rotatable bonds is 23. The number of hydrogen-bond acceptors (Lipinski definition) is 23. The van der Waals surface area contributed by atoms with E-state index in [9.17, 15) is 82.7 Å². The zero-order chi connectivity index (χ0) is 64.1. The van der Waals surface area contributed by atoms with Crippen LogP contribution in [-0.2, 0) is 57.5 Å². The van der Waals surface area contributed by atoms with Gasteiger partial charge in [-0.1, -0.05) is 0 Å². The van der Waals surface area contributed by atoms with E-state index in [1.807, 2.05) is 0 Å². The van der Waals surface area contributed by atoms with Gasteiger partial charge in [0, 0.05) is 53.9 Å². The lowest BCUT2D eigenvalue weighted by molar-refractivity contribution is -0.137. The molecule has 39 heteroatoms. The van der Waals surface area contributed by atoms with Gasteiger partial charge in [0.15, 0.2) is 0 Å². The fraction of sp³-hybridized carbons (Fsp3) is 0.733. The summed E-state index contributed by atoms with van der Waals surface area (Å²) in [6.45, 7) is 7.09. The largest absolute Gasteiger partial charge is 0.475 e. The Balaban J connectivity index is 0.000000561. The number of hydrogen-bond donors (Lipinski definition) is 19. The summed E-state index contributed by atoms with van der Waals surface area (Å²) in [6, 6.07) is -4.31. The first-order chi connectivity index (χ1) is 39.3. The third-order valence-corrected chi connectivity index (χ3v) is 13.2. The maximum absolute atomic E-state index is 12.3. The van der Waals surface area contributed by atoms with E-state index in [0.717, 1.165) is 0 Å². The molecule has 0 aromatic heterocycles. The third kappa shape index (κ3) is 26.6. The van der Waals surface area contributed by atoms with Gasteiger partial charge in [0.1, 0.15) is 24.2 Å². The highest BCUT2D eigenvalue weighted by Crippen LogP contribution is 2.21. The normalized spacial score (nSPS) is 19.4. The Bertz CT molecular complexity index is 2230. The van der Waals surface area contributed by atoms with Crippen molar-refractivity contribution in [2.24, 2.45) is 0 Å². The Kier molecular flexibility index (Phi) is 34.5. The van der Waals surface area contributed by atoms with Crippen LogP contribution >= 0.6 is 0 Å². The monoisotopic (exact) mass is 1200 g/mol. The smallest absolute Gasteiger partial charge is 0.426 e. The minimum absolute atomic E-state index is 0.186.